The molecule has 1 aromatic carbocycles. The summed E-state index contributed by atoms with van der Waals surface area (Å²) in [5.74, 6) is 0.578. The number of anilines is 1. The average molecular weight is 347 g/mol. The Bertz CT molecular complexity index is 1110. The first-order chi connectivity index (χ1) is 12.4. The first-order valence-corrected chi connectivity index (χ1v) is 8.73. The van der Waals surface area contributed by atoms with Gasteiger partial charge in [-0.05, 0) is 44.5 Å². The van der Waals surface area contributed by atoms with Crippen molar-refractivity contribution in [1.29, 1.82) is 0 Å². The van der Waals surface area contributed by atoms with E-state index in [0.29, 0.717) is 16.7 Å². The first-order valence-electron chi connectivity index (χ1n) is 8.73. The molecule has 0 spiro atoms. The van der Waals surface area contributed by atoms with E-state index in [1.54, 1.807) is 13.4 Å². The number of rotatable bonds is 3. The van der Waals surface area contributed by atoms with Crippen LogP contribution in [0.25, 0.3) is 22.2 Å². The van der Waals surface area contributed by atoms with Gasteiger partial charge in [0.05, 0.1) is 23.2 Å². The number of nitrogens with one attached hydrogen (secondary N) is 1. The smallest absolute Gasteiger partial charge is 0.264 e. The number of nitrogens with zero attached hydrogens (tertiary/aromatic N) is 4. The highest BCUT2D eigenvalue weighted by Gasteiger charge is 2.16. The predicted octanol–water partition coefficient (Wildman–Crippen LogP) is 3.46. The van der Waals surface area contributed by atoms with Crippen molar-refractivity contribution >= 4 is 28.1 Å². The van der Waals surface area contributed by atoms with E-state index in [-0.39, 0.29) is 11.6 Å². The SMILES string of the molecule is CC1=Nc2ccc(-c3cc4ncn(C)c(=O)c4c(NC(C)C)n3)cc2C1. The minimum Gasteiger partial charge on any atom is -0.367 e. The fourth-order valence-corrected chi connectivity index (χ4v) is 3.26. The summed E-state index contributed by atoms with van der Waals surface area (Å²) < 4.78 is 1.48. The second-order valence-electron chi connectivity index (χ2n) is 7.08. The van der Waals surface area contributed by atoms with Crippen molar-refractivity contribution < 1.29 is 0 Å². The van der Waals surface area contributed by atoms with Crippen molar-refractivity contribution in [2.45, 2.75) is 33.2 Å². The molecule has 0 fully saturated rings. The van der Waals surface area contributed by atoms with Crippen LogP contribution < -0.4 is 10.9 Å². The molecule has 4 rings (SSSR count). The maximum Gasteiger partial charge on any atom is 0.264 e. The molecule has 0 aliphatic carbocycles. The number of fused-ring (bicyclic) bond motifs is 2. The van der Waals surface area contributed by atoms with Crippen molar-refractivity contribution in [2.75, 3.05) is 5.32 Å². The van der Waals surface area contributed by atoms with Gasteiger partial charge < -0.3 is 9.88 Å². The van der Waals surface area contributed by atoms with Crippen LogP contribution in [0.2, 0.25) is 0 Å². The molecule has 3 aromatic rings. The molecule has 6 heteroatoms. The van der Waals surface area contributed by atoms with Crippen molar-refractivity contribution in [2.24, 2.45) is 12.0 Å². The maximum absolute atomic E-state index is 12.6. The summed E-state index contributed by atoms with van der Waals surface area (Å²) in [5, 5.41) is 3.82. The van der Waals surface area contributed by atoms with Gasteiger partial charge in [-0.25, -0.2) is 9.97 Å². The zero-order valence-electron chi connectivity index (χ0n) is 15.4. The van der Waals surface area contributed by atoms with Crippen LogP contribution in [0.4, 0.5) is 11.5 Å². The van der Waals surface area contributed by atoms with E-state index in [1.165, 1.54) is 10.1 Å². The zero-order chi connectivity index (χ0) is 18.4. The standard InChI is InChI=1S/C20H21N5O/c1-11(2)22-19-18-17(21-10-25(4)20(18)26)9-16(24-19)13-5-6-15-14(8-13)7-12(3)23-15/h5-6,8-11H,7H2,1-4H3,(H,22,24). The summed E-state index contributed by atoms with van der Waals surface area (Å²) >= 11 is 0. The van der Waals surface area contributed by atoms with E-state index in [2.05, 4.69) is 21.4 Å². The van der Waals surface area contributed by atoms with Crippen molar-refractivity contribution in [3.05, 3.63) is 46.5 Å². The van der Waals surface area contributed by atoms with Gasteiger partial charge in [-0.1, -0.05) is 6.07 Å². The zero-order valence-corrected chi connectivity index (χ0v) is 15.4. The van der Waals surface area contributed by atoms with Gasteiger partial charge in [0.15, 0.2) is 0 Å². The van der Waals surface area contributed by atoms with Crippen molar-refractivity contribution in [3.8, 4) is 11.3 Å². The van der Waals surface area contributed by atoms with E-state index >= 15 is 0 Å². The van der Waals surface area contributed by atoms with Crippen LogP contribution in [-0.4, -0.2) is 26.3 Å². The van der Waals surface area contributed by atoms with Crippen molar-refractivity contribution in [1.82, 2.24) is 14.5 Å². The minimum absolute atomic E-state index is 0.102. The van der Waals surface area contributed by atoms with Gasteiger partial charge in [-0.2, -0.15) is 0 Å². The van der Waals surface area contributed by atoms with Gasteiger partial charge in [-0.3, -0.25) is 9.79 Å². The summed E-state index contributed by atoms with van der Waals surface area (Å²) in [6.45, 7) is 6.09. The van der Waals surface area contributed by atoms with Gasteiger partial charge in [0.1, 0.15) is 11.2 Å². The molecular weight excluding hydrogens is 326 g/mol. The third kappa shape index (κ3) is 2.77. The molecule has 0 saturated carbocycles. The number of hydrogen-bond donors (Lipinski definition) is 1. The van der Waals surface area contributed by atoms with Gasteiger partial charge >= 0.3 is 0 Å². The Morgan fingerprint density at radius 2 is 2.04 bits per heavy atom. The molecule has 2 aromatic heterocycles. The molecule has 1 N–H and O–H groups in total. The highest BCUT2D eigenvalue weighted by molar-refractivity contribution is 5.94. The van der Waals surface area contributed by atoms with Crippen LogP contribution in [0.15, 0.2) is 40.4 Å². The molecular formula is C20H21N5O. The highest BCUT2D eigenvalue weighted by Crippen LogP contribution is 2.32. The molecule has 0 bridgehead atoms. The molecule has 1 aliphatic heterocycles. The lowest BCUT2D eigenvalue weighted by molar-refractivity contribution is 0.839. The molecule has 0 amide bonds. The van der Waals surface area contributed by atoms with Crippen LogP contribution >= 0.6 is 0 Å². The third-order valence-corrected chi connectivity index (χ3v) is 4.46. The minimum atomic E-state index is -0.102. The Morgan fingerprint density at radius 1 is 1.23 bits per heavy atom. The first kappa shape index (κ1) is 16.4. The fourth-order valence-electron chi connectivity index (χ4n) is 3.26. The lowest BCUT2D eigenvalue weighted by atomic mass is 10.0. The monoisotopic (exact) mass is 347 g/mol. The number of hydrogen-bond acceptors (Lipinski definition) is 5. The molecule has 0 atom stereocenters. The summed E-state index contributed by atoms with van der Waals surface area (Å²) in [4.78, 5) is 26.3. The van der Waals surface area contributed by atoms with E-state index in [0.717, 1.165) is 29.1 Å². The fraction of sp³-hybridized carbons (Fsp3) is 0.300. The Balaban J connectivity index is 1.91. The Morgan fingerprint density at radius 3 is 2.81 bits per heavy atom. The lowest BCUT2D eigenvalue weighted by Crippen LogP contribution is -2.21. The van der Waals surface area contributed by atoms with Crippen LogP contribution in [0.5, 0.6) is 0 Å². The van der Waals surface area contributed by atoms with E-state index in [1.807, 2.05) is 39.0 Å². The van der Waals surface area contributed by atoms with Gasteiger partial charge in [0.25, 0.3) is 5.56 Å². The normalized spacial score (nSPS) is 13.2. The number of pyridine rings is 1. The summed E-state index contributed by atoms with van der Waals surface area (Å²) in [6.07, 6.45) is 2.42. The molecule has 6 nitrogen and oxygen atoms in total. The van der Waals surface area contributed by atoms with E-state index < -0.39 is 0 Å². The highest BCUT2D eigenvalue weighted by atomic mass is 16.1. The Hall–Kier alpha value is -3.02. The second kappa shape index (κ2) is 6.05. The average Bonchev–Trinajstić information content (AvgIpc) is 2.96. The number of benzene rings is 1. The number of aliphatic imine (C=N–C) groups is 1. The van der Waals surface area contributed by atoms with Gasteiger partial charge in [0.2, 0.25) is 0 Å². The molecule has 132 valence electrons. The summed E-state index contributed by atoms with van der Waals surface area (Å²) in [5.41, 5.74) is 5.70. The summed E-state index contributed by atoms with van der Waals surface area (Å²) in [6, 6.07) is 8.22. The van der Waals surface area contributed by atoms with Crippen LogP contribution in [0.3, 0.4) is 0 Å². The third-order valence-electron chi connectivity index (χ3n) is 4.46. The van der Waals surface area contributed by atoms with E-state index in [9.17, 15) is 4.79 Å². The maximum atomic E-state index is 12.6. The predicted molar refractivity (Wildman–Crippen MR) is 105 cm³/mol. The molecule has 0 radical (unpaired) electrons. The molecule has 26 heavy (non-hydrogen) atoms. The Kier molecular flexibility index (Phi) is 3.83. The van der Waals surface area contributed by atoms with Crippen molar-refractivity contribution in [3.63, 3.8) is 0 Å². The van der Waals surface area contributed by atoms with Crippen LogP contribution in [-0.2, 0) is 13.5 Å². The molecule has 0 unspecified atom stereocenters. The lowest BCUT2D eigenvalue weighted by Gasteiger charge is -2.14. The topological polar surface area (TPSA) is 72.2 Å². The molecule has 0 saturated heterocycles. The number of aromatic nitrogens is 3. The van der Waals surface area contributed by atoms with Gasteiger partial charge in [-0.15, -0.1) is 0 Å². The molecule has 1 aliphatic rings. The number of aryl methyl sites for hydroxylation is 1. The molecule has 3 heterocycles. The quantitative estimate of drug-likeness (QED) is 0.787. The second-order valence-corrected chi connectivity index (χ2v) is 7.08. The Labute approximate surface area is 151 Å². The largest absolute Gasteiger partial charge is 0.367 e. The van der Waals surface area contributed by atoms with E-state index in [4.69, 9.17) is 4.98 Å². The summed E-state index contributed by atoms with van der Waals surface area (Å²) in [7, 11) is 1.70. The van der Waals surface area contributed by atoms with Crippen LogP contribution in [0, 0.1) is 0 Å². The van der Waals surface area contributed by atoms with Crippen LogP contribution in [0.1, 0.15) is 26.3 Å². The van der Waals surface area contributed by atoms with Gasteiger partial charge in [0, 0.05) is 30.8 Å².